The van der Waals surface area contributed by atoms with Gasteiger partial charge in [-0.3, -0.25) is 4.79 Å². The van der Waals surface area contributed by atoms with E-state index < -0.39 is 0 Å². The third-order valence-corrected chi connectivity index (χ3v) is 3.78. The highest BCUT2D eigenvalue weighted by molar-refractivity contribution is 5.92. The van der Waals surface area contributed by atoms with Gasteiger partial charge in [0.2, 0.25) is 5.91 Å². The Morgan fingerprint density at radius 1 is 1.12 bits per heavy atom. The van der Waals surface area contributed by atoms with Gasteiger partial charge in [0.25, 0.3) is 0 Å². The van der Waals surface area contributed by atoms with Crippen LogP contribution < -0.4 is 10.1 Å². The number of anilines is 1. The van der Waals surface area contributed by atoms with Gasteiger partial charge in [-0.15, -0.1) is 0 Å². The number of amides is 1. The number of para-hydroxylation sites is 3. The topological polar surface area (TPSA) is 61.8 Å². The lowest BCUT2D eigenvalue weighted by Crippen LogP contribution is -2.26. The van der Waals surface area contributed by atoms with Crippen LogP contribution in [0.2, 0.25) is 0 Å². The predicted molar refractivity (Wildman–Crippen MR) is 100.0 cm³/mol. The van der Waals surface area contributed by atoms with Crippen molar-refractivity contribution in [2.75, 3.05) is 25.5 Å². The van der Waals surface area contributed by atoms with Gasteiger partial charge in [0.15, 0.2) is 5.75 Å². The highest BCUT2D eigenvalue weighted by atomic mass is 16.5. The summed E-state index contributed by atoms with van der Waals surface area (Å²) in [5.41, 5.74) is 0.656. The van der Waals surface area contributed by atoms with Gasteiger partial charge in [0, 0.05) is 19.5 Å². The van der Waals surface area contributed by atoms with Crippen molar-refractivity contribution in [2.45, 2.75) is 25.9 Å². The number of ether oxygens (including phenoxy) is 1. The van der Waals surface area contributed by atoms with Crippen molar-refractivity contribution < 1.29 is 14.6 Å². The van der Waals surface area contributed by atoms with E-state index in [0.717, 1.165) is 12.3 Å². The van der Waals surface area contributed by atoms with E-state index >= 15 is 0 Å². The Bertz CT molecular complexity index is 659. The Morgan fingerprint density at radius 2 is 1.80 bits per heavy atom. The molecule has 0 heterocycles. The molecule has 0 aliphatic carbocycles. The van der Waals surface area contributed by atoms with E-state index in [1.807, 2.05) is 66.5 Å². The monoisotopic (exact) mass is 342 g/mol. The van der Waals surface area contributed by atoms with Crippen molar-refractivity contribution in [1.82, 2.24) is 4.90 Å². The molecule has 1 amide bonds. The Morgan fingerprint density at radius 3 is 2.52 bits per heavy atom. The van der Waals surface area contributed by atoms with Gasteiger partial charge >= 0.3 is 0 Å². The molecule has 0 bridgehead atoms. The number of nitrogens with zero attached hydrogens (tertiary/aromatic N) is 1. The molecule has 134 valence electrons. The molecule has 0 saturated heterocycles. The SMILES string of the molecule is CC(O)CCN(C)CCC(=O)Nc1ccccc1Oc1ccccc1. The summed E-state index contributed by atoms with van der Waals surface area (Å²) in [6.07, 6.45) is 0.764. The second-order valence-electron chi connectivity index (χ2n) is 6.15. The zero-order valence-corrected chi connectivity index (χ0v) is 14.8. The number of nitrogens with one attached hydrogen (secondary N) is 1. The summed E-state index contributed by atoms with van der Waals surface area (Å²) in [6.45, 7) is 3.17. The van der Waals surface area contributed by atoms with Gasteiger partial charge in [0.05, 0.1) is 11.8 Å². The van der Waals surface area contributed by atoms with E-state index in [4.69, 9.17) is 4.74 Å². The summed E-state index contributed by atoms with van der Waals surface area (Å²) in [5.74, 6) is 1.28. The van der Waals surface area contributed by atoms with E-state index in [1.165, 1.54) is 0 Å². The molecule has 2 rings (SSSR count). The van der Waals surface area contributed by atoms with Gasteiger partial charge in [-0.05, 0) is 44.7 Å². The van der Waals surface area contributed by atoms with Crippen LogP contribution in [0.3, 0.4) is 0 Å². The standard InChI is InChI=1S/C20H26N2O3/c1-16(23)12-14-22(2)15-13-20(24)21-18-10-6-7-11-19(18)25-17-8-4-3-5-9-17/h3-11,16,23H,12-15H2,1-2H3,(H,21,24). The molecule has 1 unspecified atom stereocenters. The van der Waals surface area contributed by atoms with Crippen LogP contribution >= 0.6 is 0 Å². The molecule has 5 nitrogen and oxygen atoms in total. The maximum Gasteiger partial charge on any atom is 0.225 e. The highest BCUT2D eigenvalue weighted by Gasteiger charge is 2.10. The average molecular weight is 342 g/mol. The Balaban J connectivity index is 1.88. The highest BCUT2D eigenvalue weighted by Crippen LogP contribution is 2.29. The fourth-order valence-electron chi connectivity index (χ4n) is 2.30. The Hall–Kier alpha value is -2.37. The molecule has 0 fully saturated rings. The minimum Gasteiger partial charge on any atom is -0.455 e. The van der Waals surface area contributed by atoms with E-state index in [2.05, 4.69) is 5.32 Å². The number of rotatable bonds is 9. The molecule has 25 heavy (non-hydrogen) atoms. The van der Waals surface area contributed by atoms with Crippen molar-refractivity contribution in [1.29, 1.82) is 0 Å². The second-order valence-corrected chi connectivity index (χ2v) is 6.15. The Kier molecular flexibility index (Phi) is 7.44. The van der Waals surface area contributed by atoms with Crippen LogP contribution in [0, 0.1) is 0 Å². The summed E-state index contributed by atoms with van der Waals surface area (Å²) in [4.78, 5) is 14.3. The largest absolute Gasteiger partial charge is 0.455 e. The average Bonchev–Trinajstić information content (AvgIpc) is 2.61. The fourth-order valence-corrected chi connectivity index (χ4v) is 2.30. The van der Waals surface area contributed by atoms with E-state index in [9.17, 15) is 9.90 Å². The molecule has 0 spiro atoms. The fraction of sp³-hybridized carbons (Fsp3) is 0.350. The van der Waals surface area contributed by atoms with Gasteiger partial charge in [-0.1, -0.05) is 30.3 Å². The molecular weight excluding hydrogens is 316 g/mol. The van der Waals surface area contributed by atoms with Crippen LogP contribution in [0.4, 0.5) is 5.69 Å². The molecule has 0 aromatic heterocycles. The van der Waals surface area contributed by atoms with Crippen molar-refractivity contribution in [3.8, 4) is 11.5 Å². The van der Waals surface area contributed by atoms with Gasteiger partial charge in [-0.2, -0.15) is 0 Å². The smallest absolute Gasteiger partial charge is 0.225 e. The molecule has 0 aliphatic heterocycles. The zero-order chi connectivity index (χ0) is 18.1. The number of carbonyl (C=O) groups excluding carboxylic acids is 1. The lowest BCUT2D eigenvalue weighted by Gasteiger charge is -2.17. The Labute approximate surface area is 149 Å². The van der Waals surface area contributed by atoms with Crippen molar-refractivity contribution >= 4 is 11.6 Å². The summed E-state index contributed by atoms with van der Waals surface area (Å²) in [7, 11) is 1.95. The molecule has 2 aromatic rings. The maximum atomic E-state index is 12.2. The summed E-state index contributed by atoms with van der Waals surface area (Å²) >= 11 is 0. The van der Waals surface area contributed by atoms with Gasteiger partial charge in [-0.25, -0.2) is 0 Å². The number of aliphatic hydroxyl groups excluding tert-OH is 1. The summed E-state index contributed by atoms with van der Waals surface area (Å²) < 4.78 is 5.85. The first kappa shape index (κ1) is 19.0. The van der Waals surface area contributed by atoms with Crippen molar-refractivity contribution in [2.24, 2.45) is 0 Å². The van der Waals surface area contributed by atoms with Gasteiger partial charge in [0.1, 0.15) is 5.75 Å². The number of aliphatic hydroxyl groups is 1. The van der Waals surface area contributed by atoms with E-state index in [-0.39, 0.29) is 12.0 Å². The molecule has 0 saturated carbocycles. The molecule has 5 heteroatoms. The van der Waals surface area contributed by atoms with Crippen LogP contribution in [0.15, 0.2) is 54.6 Å². The molecule has 1 atom stereocenters. The number of hydrogen-bond donors (Lipinski definition) is 2. The molecular formula is C20H26N2O3. The van der Waals surface area contributed by atoms with Crippen LogP contribution in [-0.2, 0) is 4.79 Å². The lowest BCUT2D eigenvalue weighted by molar-refractivity contribution is -0.116. The van der Waals surface area contributed by atoms with Crippen LogP contribution in [0.5, 0.6) is 11.5 Å². The second kappa shape index (κ2) is 9.81. The molecule has 2 N–H and O–H groups in total. The first-order chi connectivity index (χ1) is 12.0. The molecule has 0 aliphatic rings. The van der Waals surface area contributed by atoms with Crippen molar-refractivity contribution in [3.63, 3.8) is 0 Å². The third kappa shape index (κ3) is 6.95. The first-order valence-corrected chi connectivity index (χ1v) is 8.53. The minimum absolute atomic E-state index is 0.0620. The zero-order valence-electron chi connectivity index (χ0n) is 14.8. The first-order valence-electron chi connectivity index (χ1n) is 8.53. The van der Waals surface area contributed by atoms with Crippen LogP contribution in [-0.4, -0.2) is 42.2 Å². The van der Waals surface area contributed by atoms with Crippen LogP contribution in [0.1, 0.15) is 19.8 Å². The normalized spacial score (nSPS) is 12.0. The number of carbonyl (C=O) groups is 1. The van der Waals surface area contributed by atoms with E-state index in [1.54, 1.807) is 6.92 Å². The van der Waals surface area contributed by atoms with E-state index in [0.29, 0.717) is 30.8 Å². The van der Waals surface area contributed by atoms with Crippen molar-refractivity contribution in [3.05, 3.63) is 54.6 Å². The maximum absolute atomic E-state index is 12.2. The third-order valence-electron chi connectivity index (χ3n) is 3.78. The van der Waals surface area contributed by atoms with Crippen LogP contribution in [0.25, 0.3) is 0 Å². The molecule has 2 aromatic carbocycles. The van der Waals surface area contributed by atoms with Gasteiger partial charge < -0.3 is 20.1 Å². The number of benzene rings is 2. The number of hydrogen-bond acceptors (Lipinski definition) is 4. The summed E-state index contributed by atoms with van der Waals surface area (Å²) in [6, 6.07) is 16.9. The summed E-state index contributed by atoms with van der Waals surface area (Å²) in [5, 5.41) is 12.2. The predicted octanol–water partition coefficient (Wildman–Crippen LogP) is 3.51. The molecule has 0 radical (unpaired) electrons. The minimum atomic E-state index is -0.321. The lowest BCUT2D eigenvalue weighted by atomic mass is 10.2. The quantitative estimate of drug-likeness (QED) is 0.732.